The minimum Gasteiger partial charge on any atom is -0.383 e. The Balaban J connectivity index is 1.58. The Morgan fingerprint density at radius 3 is 2.68 bits per heavy atom. The first-order valence-corrected chi connectivity index (χ1v) is 7.93. The molecule has 1 unspecified atom stereocenters. The highest BCUT2D eigenvalue weighted by Gasteiger charge is 2.20. The van der Waals surface area contributed by atoms with Crippen molar-refractivity contribution >= 4 is 11.4 Å². The molecule has 1 aromatic rings. The van der Waals surface area contributed by atoms with Gasteiger partial charge in [0.1, 0.15) is 0 Å². The van der Waals surface area contributed by atoms with Gasteiger partial charge < -0.3 is 10.2 Å². The van der Waals surface area contributed by atoms with E-state index in [0.717, 1.165) is 5.92 Å². The van der Waals surface area contributed by atoms with Gasteiger partial charge in [-0.1, -0.05) is 25.3 Å². The van der Waals surface area contributed by atoms with E-state index in [1.54, 1.807) is 0 Å². The molecule has 19 heavy (non-hydrogen) atoms. The second-order valence-corrected chi connectivity index (χ2v) is 6.32. The van der Waals surface area contributed by atoms with Crippen LogP contribution in [0.5, 0.6) is 0 Å². The van der Waals surface area contributed by atoms with Crippen LogP contribution in [0.1, 0.15) is 45.4 Å². The zero-order valence-corrected chi connectivity index (χ0v) is 12.1. The molecule has 0 aromatic heterocycles. The highest BCUT2D eigenvalue weighted by Crippen LogP contribution is 2.31. The van der Waals surface area contributed by atoms with E-state index in [4.69, 9.17) is 0 Å². The van der Waals surface area contributed by atoms with Crippen molar-refractivity contribution in [3.63, 3.8) is 0 Å². The van der Waals surface area contributed by atoms with Gasteiger partial charge in [-0.2, -0.15) is 0 Å². The van der Waals surface area contributed by atoms with E-state index in [2.05, 4.69) is 41.4 Å². The molecule has 1 saturated carbocycles. The summed E-state index contributed by atoms with van der Waals surface area (Å²) in [6, 6.07) is 9.55. The molecule has 1 aromatic carbocycles. The van der Waals surface area contributed by atoms with Gasteiger partial charge in [0.05, 0.1) is 0 Å². The molecular formula is C17H26N2. The summed E-state index contributed by atoms with van der Waals surface area (Å²) in [4.78, 5) is 2.50. The number of anilines is 2. The molecule has 104 valence electrons. The molecule has 1 aliphatic heterocycles. The molecule has 2 heteroatoms. The summed E-state index contributed by atoms with van der Waals surface area (Å²) in [5.41, 5.74) is 2.68. The lowest BCUT2D eigenvalue weighted by Gasteiger charge is -2.29. The Morgan fingerprint density at radius 1 is 1.21 bits per heavy atom. The first kappa shape index (κ1) is 12.8. The summed E-state index contributed by atoms with van der Waals surface area (Å²) in [5, 5.41) is 3.68. The summed E-state index contributed by atoms with van der Waals surface area (Å²) in [6.45, 7) is 4.77. The van der Waals surface area contributed by atoms with Gasteiger partial charge in [-0.3, -0.25) is 0 Å². The smallest absolute Gasteiger partial charge is 0.0386 e. The molecule has 1 saturated heterocycles. The zero-order valence-electron chi connectivity index (χ0n) is 12.1. The van der Waals surface area contributed by atoms with Crippen LogP contribution in [0.3, 0.4) is 0 Å². The fourth-order valence-electron chi connectivity index (χ4n) is 3.34. The minimum absolute atomic E-state index is 0.596. The van der Waals surface area contributed by atoms with Crippen molar-refractivity contribution in [1.29, 1.82) is 0 Å². The normalized spacial score (nSPS) is 21.2. The van der Waals surface area contributed by atoms with Crippen LogP contribution in [-0.4, -0.2) is 19.1 Å². The fraction of sp³-hybridized carbons (Fsp3) is 0.647. The lowest BCUT2D eigenvalue weighted by molar-refractivity contribution is 0.286. The number of hydrogen-bond acceptors (Lipinski definition) is 2. The van der Waals surface area contributed by atoms with Gasteiger partial charge >= 0.3 is 0 Å². The van der Waals surface area contributed by atoms with Crippen LogP contribution in [0.2, 0.25) is 0 Å². The SMILES string of the molecule is CC(CC1CCC1)Nc1cccc(N2CCCC2)c1. The summed E-state index contributed by atoms with van der Waals surface area (Å²) in [7, 11) is 0. The van der Waals surface area contributed by atoms with Gasteiger partial charge in [0, 0.05) is 30.5 Å². The van der Waals surface area contributed by atoms with E-state index in [0.29, 0.717) is 6.04 Å². The van der Waals surface area contributed by atoms with Gasteiger partial charge in [-0.05, 0) is 50.3 Å². The Kier molecular flexibility index (Phi) is 3.95. The van der Waals surface area contributed by atoms with Crippen LogP contribution >= 0.6 is 0 Å². The van der Waals surface area contributed by atoms with Crippen molar-refractivity contribution in [3.05, 3.63) is 24.3 Å². The minimum atomic E-state index is 0.596. The topological polar surface area (TPSA) is 15.3 Å². The van der Waals surface area contributed by atoms with E-state index >= 15 is 0 Å². The summed E-state index contributed by atoms with van der Waals surface area (Å²) >= 11 is 0. The van der Waals surface area contributed by atoms with Crippen molar-refractivity contribution in [1.82, 2.24) is 0 Å². The molecular weight excluding hydrogens is 232 g/mol. The first-order chi connectivity index (χ1) is 9.31. The molecule has 1 N–H and O–H groups in total. The standard InChI is InChI=1S/C17H26N2/c1-14(12-15-6-4-7-15)18-16-8-5-9-17(13-16)19-10-2-3-11-19/h5,8-9,13-15,18H,2-4,6-7,10-12H2,1H3. The van der Waals surface area contributed by atoms with Crippen LogP contribution in [0.15, 0.2) is 24.3 Å². The van der Waals surface area contributed by atoms with Crippen LogP contribution in [0.25, 0.3) is 0 Å². The lowest BCUT2D eigenvalue weighted by Crippen LogP contribution is -2.23. The molecule has 0 bridgehead atoms. The Hall–Kier alpha value is -1.18. The lowest BCUT2D eigenvalue weighted by atomic mass is 9.81. The third-order valence-electron chi connectivity index (χ3n) is 4.64. The zero-order chi connectivity index (χ0) is 13.1. The van der Waals surface area contributed by atoms with Gasteiger partial charge in [0.2, 0.25) is 0 Å². The molecule has 0 spiro atoms. The number of nitrogens with zero attached hydrogens (tertiary/aromatic N) is 1. The Bertz CT molecular complexity index is 405. The monoisotopic (exact) mass is 258 g/mol. The average Bonchev–Trinajstić information content (AvgIpc) is 2.88. The highest BCUT2D eigenvalue weighted by molar-refractivity contribution is 5.58. The summed E-state index contributed by atoms with van der Waals surface area (Å²) < 4.78 is 0. The van der Waals surface area contributed by atoms with E-state index in [1.165, 1.54) is 63.0 Å². The number of benzene rings is 1. The van der Waals surface area contributed by atoms with Crippen molar-refractivity contribution in [2.75, 3.05) is 23.3 Å². The van der Waals surface area contributed by atoms with Crippen molar-refractivity contribution in [2.45, 2.75) is 51.5 Å². The molecule has 2 fully saturated rings. The molecule has 1 aliphatic carbocycles. The van der Waals surface area contributed by atoms with Crippen LogP contribution in [-0.2, 0) is 0 Å². The van der Waals surface area contributed by atoms with Gasteiger partial charge in [0.15, 0.2) is 0 Å². The van der Waals surface area contributed by atoms with Crippen molar-refractivity contribution in [3.8, 4) is 0 Å². The van der Waals surface area contributed by atoms with Gasteiger partial charge in [-0.25, -0.2) is 0 Å². The fourth-order valence-corrected chi connectivity index (χ4v) is 3.34. The maximum absolute atomic E-state index is 3.68. The third kappa shape index (κ3) is 3.23. The Labute approximate surface area is 117 Å². The van der Waals surface area contributed by atoms with E-state index in [1.807, 2.05) is 0 Å². The second kappa shape index (κ2) is 5.85. The number of hydrogen-bond donors (Lipinski definition) is 1. The van der Waals surface area contributed by atoms with E-state index in [9.17, 15) is 0 Å². The molecule has 1 atom stereocenters. The quantitative estimate of drug-likeness (QED) is 0.848. The van der Waals surface area contributed by atoms with Crippen molar-refractivity contribution in [2.24, 2.45) is 5.92 Å². The van der Waals surface area contributed by atoms with Gasteiger partial charge in [-0.15, -0.1) is 0 Å². The van der Waals surface area contributed by atoms with E-state index in [-0.39, 0.29) is 0 Å². The highest BCUT2D eigenvalue weighted by atomic mass is 15.1. The maximum atomic E-state index is 3.68. The largest absolute Gasteiger partial charge is 0.383 e. The molecule has 0 amide bonds. The molecule has 3 rings (SSSR count). The van der Waals surface area contributed by atoms with Gasteiger partial charge in [0.25, 0.3) is 0 Å². The van der Waals surface area contributed by atoms with Crippen LogP contribution in [0.4, 0.5) is 11.4 Å². The Morgan fingerprint density at radius 2 is 2.00 bits per heavy atom. The molecule has 2 aliphatic rings. The summed E-state index contributed by atoms with van der Waals surface area (Å²) in [5.74, 6) is 0.976. The first-order valence-electron chi connectivity index (χ1n) is 7.93. The molecule has 0 radical (unpaired) electrons. The molecule has 2 nitrogen and oxygen atoms in total. The average molecular weight is 258 g/mol. The van der Waals surface area contributed by atoms with Crippen LogP contribution in [0, 0.1) is 5.92 Å². The maximum Gasteiger partial charge on any atom is 0.0386 e. The third-order valence-corrected chi connectivity index (χ3v) is 4.64. The number of rotatable bonds is 5. The predicted octanol–water partition coefficient (Wildman–Crippen LogP) is 4.28. The summed E-state index contributed by atoms with van der Waals surface area (Å²) in [6.07, 6.45) is 8.35. The van der Waals surface area contributed by atoms with Crippen molar-refractivity contribution < 1.29 is 0 Å². The second-order valence-electron chi connectivity index (χ2n) is 6.32. The number of nitrogens with one attached hydrogen (secondary N) is 1. The molecule has 1 heterocycles. The van der Waals surface area contributed by atoms with Crippen LogP contribution < -0.4 is 10.2 Å². The predicted molar refractivity (Wildman–Crippen MR) is 82.9 cm³/mol. The van der Waals surface area contributed by atoms with E-state index < -0.39 is 0 Å².